The minimum Gasteiger partial charge on any atom is -0.310 e. The van der Waals surface area contributed by atoms with Crippen molar-refractivity contribution < 1.29 is 9.09 Å². The lowest BCUT2D eigenvalue weighted by atomic mass is 10.4. The first-order chi connectivity index (χ1) is 5.02. The number of rotatable bonds is 5. The summed E-state index contributed by atoms with van der Waals surface area (Å²) in [6.07, 6.45) is 0.957. The Labute approximate surface area is 72.3 Å². The van der Waals surface area contributed by atoms with Crippen LogP contribution >= 0.6 is 18.1 Å². The Kier molecular flexibility index (Phi) is 5.44. The van der Waals surface area contributed by atoms with Gasteiger partial charge in [0.2, 0.25) is 0 Å². The molecule has 0 amide bonds. The molecule has 2 atom stereocenters. The van der Waals surface area contributed by atoms with E-state index in [1.54, 1.807) is 6.92 Å². The average Bonchev–Trinajstić information content (AvgIpc) is 1.86. The highest BCUT2D eigenvalue weighted by molar-refractivity contribution is 8.56. The molecule has 0 rings (SSSR count). The second kappa shape index (κ2) is 5.20. The summed E-state index contributed by atoms with van der Waals surface area (Å²) in [5.41, 5.74) is 5.40. The summed E-state index contributed by atoms with van der Waals surface area (Å²) in [5.74, 6) is 0. The highest BCUT2D eigenvalue weighted by Gasteiger charge is 2.19. The van der Waals surface area contributed by atoms with Gasteiger partial charge in [-0.15, -0.1) is 0 Å². The van der Waals surface area contributed by atoms with Crippen LogP contribution in [0.5, 0.6) is 0 Å². The molecule has 0 radical (unpaired) electrons. The van der Waals surface area contributed by atoms with Crippen LogP contribution in [0.15, 0.2) is 0 Å². The first-order valence-corrected chi connectivity index (χ1v) is 6.91. The minimum atomic E-state index is -2.85. The molecule has 0 aromatic heterocycles. The van der Waals surface area contributed by atoms with Gasteiger partial charge >= 0.3 is 6.72 Å². The first kappa shape index (κ1) is 11.5. The highest BCUT2D eigenvalue weighted by Crippen LogP contribution is 2.54. The highest BCUT2D eigenvalue weighted by atomic mass is 32.7. The summed E-state index contributed by atoms with van der Waals surface area (Å²) in [5, 5.41) is 0.303. The van der Waals surface area contributed by atoms with E-state index in [1.807, 2.05) is 13.8 Å². The molecule has 0 fully saturated rings. The second-order valence-corrected chi connectivity index (χ2v) is 6.79. The fourth-order valence-corrected chi connectivity index (χ4v) is 4.06. The quantitative estimate of drug-likeness (QED) is 0.688. The van der Waals surface area contributed by atoms with Gasteiger partial charge in [-0.05, 0) is 13.3 Å². The maximum absolute atomic E-state index is 11.3. The van der Waals surface area contributed by atoms with Crippen LogP contribution in [0.25, 0.3) is 0 Å². The molecule has 11 heavy (non-hydrogen) atoms. The summed E-state index contributed by atoms with van der Waals surface area (Å²) in [4.78, 5) is 0. The zero-order valence-corrected chi connectivity index (χ0v) is 8.95. The van der Waals surface area contributed by atoms with E-state index in [2.05, 4.69) is 0 Å². The molecule has 2 unspecified atom stereocenters. The molecular formula is C6H16NO2PS. The van der Waals surface area contributed by atoms with Crippen LogP contribution in [0.1, 0.15) is 27.2 Å². The van der Waals surface area contributed by atoms with Crippen LogP contribution in [0.4, 0.5) is 0 Å². The van der Waals surface area contributed by atoms with Gasteiger partial charge in [-0.25, -0.2) is 0 Å². The zero-order valence-electron chi connectivity index (χ0n) is 7.24. The third-order valence-corrected chi connectivity index (χ3v) is 5.09. The Morgan fingerprint density at radius 3 is 2.55 bits per heavy atom. The fourth-order valence-electron chi connectivity index (χ4n) is 0.536. The second-order valence-electron chi connectivity index (χ2n) is 2.28. The van der Waals surface area contributed by atoms with E-state index in [9.17, 15) is 4.57 Å². The van der Waals surface area contributed by atoms with E-state index in [0.717, 1.165) is 6.42 Å². The van der Waals surface area contributed by atoms with E-state index >= 15 is 0 Å². The van der Waals surface area contributed by atoms with Gasteiger partial charge in [0, 0.05) is 5.25 Å². The number of hydrogen-bond donors (Lipinski definition) is 1. The molecule has 0 saturated carbocycles. The van der Waals surface area contributed by atoms with Gasteiger partial charge in [0.1, 0.15) is 0 Å². The largest absolute Gasteiger partial charge is 0.324 e. The van der Waals surface area contributed by atoms with Gasteiger partial charge in [-0.2, -0.15) is 0 Å². The van der Waals surface area contributed by atoms with Crippen molar-refractivity contribution in [2.24, 2.45) is 5.50 Å². The van der Waals surface area contributed by atoms with Gasteiger partial charge in [0.05, 0.1) is 6.61 Å². The molecule has 0 aromatic rings. The predicted molar refractivity (Wildman–Crippen MR) is 50.8 cm³/mol. The number of nitrogens with two attached hydrogens (primary N) is 1. The molecule has 5 heteroatoms. The SMILES string of the molecule is CCOP(N)(=O)SC(C)CC. The lowest BCUT2D eigenvalue weighted by molar-refractivity contribution is 0.346. The lowest BCUT2D eigenvalue weighted by Gasteiger charge is -2.14. The maximum atomic E-state index is 11.3. The standard InChI is InChI=1S/C6H16NO2PS/c1-4-6(3)11-10(7,8)9-5-2/h6H,4-5H2,1-3H3,(H2,7,8). The molecule has 0 aliphatic carbocycles. The van der Waals surface area contributed by atoms with Crippen molar-refractivity contribution in [3.8, 4) is 0 Å². The average molecular weight is 197 g/mol. The van der Waals surface area contributed by atoms with Crippen molar-refractivity contribution in [3.63, 3.8) is 0 Å². The predicted octanol–water partition coefficient (Wildman–Crippen LogP) is 2.62. The lowest BCUT2D eigenvalue weighted by Crippen LogP contribution is -2.01. The van der Waals surface area contributed by atoms with Gasteiger partial charge in [0.25, 0.3) is 0 Å². The Hall–Kier alpha value is 0.500. The maximum Gasteiger partial charge on any atom is 0.324 e. The molecule has 0 bridgehead atoms. The molecular weight excluding hydrogens is 181 g/mol. The summed E-state index contributed by atoms with van der Waals surface area (Å²) in [7, 11) is 0. The van der Waals surface area contributed by atoms with E-state index in [0.29, 0.717) is 11.9 Å². The van der Waals surface area contributed by atoms with E-state index < -0.39 is 6.72 Å². The van der Waals surface area contributed by atoms with Crippen LogP contribution in [0.2, 0.25) is 0 Å². The van der Waals surface area contributed by atoms with Gasteiger partial charge in [-0.3, -0.25) is 10.1 Å². The fraction of sp³-hybridized carbons (Fsp3) is 1.00. The van der Waals surface area contributed by atoms with Gasteiger partial charge in [0.15, 0.2) is 0 Å². The van der Waals surface area contributed by atoms with Crippen LogP contribution in [0, 0.1) is 0 Å². The molecule has 0 aliphatic heterocycles. The van der Waals surface area contributed by atoms with E-state index in [-0.39, 0.29) is 0 Å². The Bertz CT molecular complexity index is 154. The Morgan fingerprint density at radius 1 is 1.64 bits per heavy atom. The van der Waals surface area contributed by atoms with Crippen molar-refractivity contribution >= 4 is 18.1 Å². The van der Waals surface area contributed by atoms with Crippen LogP contribution < -0.4 is 5.50 Å². The molecule has 0 aromatic carbocycles. The van der Waals surface area contributed by atoms with Gasteiger partial charge in [-0.1, -0.05) is 25.2 Å². The first-order valence-electron chi connectivity index (χ1n) is 3.73. The summed E-state index contributed by atoms with van der Waals surface area (Å²) in [6.45, 7) is 3.37. The normalized spacial score (nSPS) is 19.3. The van der Waals surface area contributed by atoms with E-state index in [1.165, 1.54) is 11.4 Å². The molecule has 68 valence electrons. The van der Waals surface area contributed by atoms with E-state index in [4.69, 9.17) is 10.0 Å². The molecule has 2 N–H and O–H groups in total. The van der Waals surface area contributed by atoms with Crippen molar-refractivity contribution in [2.45, 2.75) is 32.4 Å². The van der Waals surface area contributed by atoms with Crippen molar-refractivity contribution in [1.29, 1.82) is 0 Å². The summed E-state index contributed by atoms with van der Waals surface area (Å²) >= 11 is 1.24. The number of hydrogen-bond acceptors (Lipinski definition) is 3. The van der Waals surface area contributed by atoms with Crippen LogP contribution in [-0.4, -0.2) is 11.9 Å². The summed E-state index contributed by atoms with van der Waals surface area (Å²) in [6, 6.07) is 0. The van der Waals surface area contributed by atoms with Crippen LogP contribution in [-0.2, 0) is 9.09 Å². The molecule has 0 aliphatic rings. The zero-order chi connectivity index (χ0) is 8.91. The Morgan fingerprint density at radius 2 is 2.18 bits per heavy atom. The van der Waals surface area contributed by atoms with Crippen molar-refractivity contribution in [2.75, 3.05) is 6.61 Å². The molecule has 0 saturated heterocycles. The minimum absolute atomic E-state index is 0.303. The molecule has 3 nitrogen and oxygen atoms in total. The topological polar surface area (TPSA) is 52.3 Å². The molecule has 0 heterocycles. The monoisotopic (exact) mass is 197 g/mol. The Balaban J connectivity index is 3.81. The van der Waals surface area contributed by atoms with Crippen LogP contribution in [0.3, 0.4) is 0 Å². The summed E-state index contributed by atoms with van der Waals surface area (Å²) < 4.78 is 16.2. The van der Waals surface area contributed by atoms with Crippen molar-refractivity contribution in [1.82, 2.24) is 0 Å². The third kappa shape index (κ3) is 5.74. The molecule has 0 spiro atoms. The van der Waals surface area contributed by atoms with Gasteiger partial charge < -0.3 is 4.52 Å². The van der Waals surface area contributed by atoms with Crippen molar-refractivity contribution in [3.05, 3.63) is 0 Å². The smallest absolute Gasteiger partial charge is 0.310 e. The third-order valence-electron chi connectivity index (χ3n) is 1.21.